The number of rotatable bonds is 6. The second-order valence-electron chi connectivity index (χ2n) is 7.16. The Bertz CT molecular complexity index is 554. The number of guanidine groups is 1. The van der Waals surface area contributed by atoms with Gasteiger partial charge in [0.25, 0.3) is 0 Å². The van der Waals surface area contributed by atoms with Crippen molar-refractivity contribution in [3.8, 4) is 0 Å². The van der Waals surface area contributed by atoms with Crippen LogP contribution < -0.4 is 11.1 Å². The molecule has 1 aliphatic heterocycles. The number of benzene rings is 1. The van der Waals surface area contributed by atoms with Crippen LogP contribution in [-0.2, 0) is 13.1 Å². The van der Waals surface area contributed by atoms with E-state index in [4.69, 9.17) is 5.73 Å². The summed E-state index contributed by atoms with van der Waals surface area (Å²) in [6.07, 6.45) is 5.60. The summed E-state index contributed by atoms with van der Waals surface area (Å²) in [5.74, 6) is 1.33. The normalized spacial score (nSPS) is 20.0. The Hall–Kier alpha value is -0.860. The van der Waals surface area contributed by atoms with E-state index in [1.165, 1.54) is 30.4 Å². The van der Waals surface area contributed by atoms with E-state index in [2.05, 4.69) is 39.5 Å². The van der Waals surface area contributed by atoms with Crippen molar-refractivity contribution in [1.82, 2.24) is 10.2 Å². The number of nitrogens with one attached hydrogen (secondary N) is 1. The van der Waals surface area contributed by atoms with Crippen molar-refractivity contribution in [2.45, 2.75) is 51.3 Å². The summed E-state index contributed by atoms with van der Waals surface area (Å²) < 4.78 is 0. The van der Waals surface area contributed by atoms with Crippen molar-refractivity contribution < 1.29 is 5.11 Å². The number of nitrogens with two attached hydrogens (primary N) is 1. The van der Waals surface area contributed by atoms with Gasteiger partial charge < -0.3 is 16.2 Å². The van der Waals surface area contributed by atoms with Crippen molar-refractivity contribution >= 4 is 29.9 Å². The molecule has 0 amide bonds. The van der Waals surface area contributed by atoms with Crippen LogP contribution in [0.15, 0.2) is 29.3 Å². The fourth-order valence-corrected chi connectivity index (χ4v) is 3.36. The van der Waals surface area contributed by atoms with Crippen molar-refractivity contribution in [2.24, 2.45) is 16.6 Å². The van der Waals surface area contributed by atoms with Crippen LogP contribution in [0.1, 0.15) is 43.2 Å². The number of hydrogen-bond donors (Lipinski definition) is 3. The van der Waals surface area contributed by atoms with Crippen molar-refractivity contribution in [3.63, 3.8) is 0 Å². The van der Waals surface area contributed by atoms with Crippen molar-refractivity contribution in [2.75, 3.05) is 19.6 Å². The highest BCUT2D eigenvalue weighted by Gasteiger charge is 2.18. The summed E-state index contributed by atoms with van der Waals surface area (Å²) >= 11 is 0. The summed E-state index contributed by atoms with van der Waals surface area (Å²) in [6.45, 7) is 4.42. The van der Waals surface area contributed by atoms with E-state index >= 15 is 0 Å². The lowest BCUT2D eigenvalue weighted by molar-refractivity contribution is 0.0791. The van der Waals surface area contributed by atoms with E-state index in [0.717, 1.165) is 44.9 Å². The zero-order valence-corrected chi connectivity index (χ0v) is 17.2. The van der Waals surface area contributed by atoms with Crippen LogP contribution in [0.3, 0.4) is 0 Å². The summed E-state index contributed by atoms with van der Waals surface area (Å²) in [4.78, 5) is 6.93. The molecule has 3 rings (SSSR count). The zero-order valence-electron chi connectivity index (χ0n) is 14.9. The molecular weight excluding hydrogens is 427 g/mol. The number of halogens is 1. The molecule has 0 unspecified atom stereocenters. The lowest BCUT2D eigenvalue weighted by Gasteiger charge is -2.30. The highest BCUT2D eigenvalue weighted by Crippen LogP contribution is 2.25. The van der Waals surface area contributed by atoms with Gasteiger partial charge in [-0.25, -0.2) is 4.99 Å². The molecule has 0 atom stereocenters. The first-order chi connectivity index (χ1) is 11.7. The molecule has 1 saturated heterocycles. The molecule has 25 heavy (non-hydrogen) atoms. The average Bonchev–Trinajstić information content (AvgIpc) is 2.55. The molecule has 2 aliphatic rings. The third-order valence-electron chi connectivity index (χ3n) is 5.29. The van der Waals surface area contributed by atoms with E-state index in [-0.39, 0.29) is 30.1 Å². The van der Waals surface area contributed by atoms with Crippen LogP contribution in [-0.4, -0.2) is 41.7 Å². The molecule has 1 aromatic carbocycles. The van der Waals surface area contributed by atoms with Crippen LogP contribution in [0.5, 0.6) is 0 Å². The van der Waals surface area contributed by atoms with Crippen molar-refractivity contribution in [1.29, 1.82) is 0 Å². The second kappa shape index (κ2) is 10.3. The molecule has 6 heteroatoms. The highest BCUT2D eigenvalue weighted by molar-refractivity contribution is 14.0. The van der Waals surface area contributed by atoms with E-state index < -0.39 is 0 Å². The van der Waals surface area contributed by atoms with Crippen LogP contribution in [0.25, 0.3) is 0 Å². The third-order valence-corrected chi connectivity index (χ3v) is 5.29. The Balaban J connectivity index is 0.00000225. The zero-order chi connectivity index (χ0) is 16.8. The lowest BCUT2D eigenvalue weighted by atomic mass is 9.85. The Morgan fingerprint density at radius 3 is 2.48 bits per heavy atom. The van der Waals surface area contributed by atoms with Gasteiger partial charge in [-0.3, -0.25) is 4.90 Å². The molecule has 0 radical (unpaired) electrons. The number of likely N-dealkylation sites (tertiary alicyclic amines) is 1. The fraction of sp³-hybridized carbons (Fsp3) is 0.632. The molecule has 0 bridgehead atoms. The number of aliphatic hydroxyl groups is 1. The minimum absolute atomic E-state index is 0. The summed E-state index contributed by atoms with van der Waals surface area (Å²) in [5.41, 5.74) is 8.54. The summed E-state index contributed by atoms with van der Waals surface area (Å²) in [6, 6.07) is 8.45. The lowest BCUT2D eigenvalue weighted by Crippen LogP contribution is -2.37. The molecule has 1 heterocycles. The van der Waals surface area contributed by atoms with Crippen LogP contribution in [0, 0.1) is 5.92 Å². The quantitative estimate of drug-likeness (QED) is 0.348. The fourth-order valence-electron chi connectivity index (χ4n) is 3.36. The molecule has 1 aliphatic carbocycles. The smallest absolute Gasteiger partial charge is 0.188 e. The van der Waals surface area contributed by atoms with Crippen LogP contribution in [0.2, 0.25) is 0 Å². The maximum absolute atomic E-state index is 9.64. The molecule has 1 aromatic rings. The van der Waals surface area contributed by atoms with Gasteiger partial charge in [0.1, 0.15) is 0 Å². The first-order valence-corrected chi connectivity index (χ1v) is 9.21. The number of hydrogen-bond acceptors (Lipinski definition) is 3. The van der Waals surface area contributed by atoms with Gasteiger partial charge in [-0.2, -0.15) is 0 Å². The van der Waals surface area contributed by atoms with Gasteiger partial charge in [0.2, 0.25) is 0 Å². The molecular formula is C19H31IN4O. The molecule has 140 valence electrons. The largest absolute Gasteiger partial charge is 0.393 e. The first kappa shape index (κ1) is 20.5. The van der Waals surface area contributed by atoms with Crippen LogP contribution in [0.4, 0.5) is 0 Å². The molecule has 4 N–H and O–H groups in total. The number of aliphatic imine (C=N–C) groups is 1. The van der Waals surface area contributed by atoms with Gasteiger partial charge in [0.05, 0.1) is 12.6 Å². The average molecular weight is 458 g/mol. The first-order valence-electron chi connectivity index (χ1n) is 9.21. The molecule has 5 nitrogen and oxygen atoms in total. The maximum Gasteiger partial charge on any atom is 0.188 e. The topological polar surface area (TPSA) is 73.9 Å². The van der Waals surface area contributed by atoms with E-state index in [1.807, 2.05) is 0 Å². The van der Waals surface area contributed by atoms with Gasteiger partial charge >= 0.3 is 0 Å². The van der Waals surface area contributed by atoms with E-state index in [0.29, 0.717) is 12.5 Å². The van der Waals surface area contributed by atoms with E-state index in [9.17, 15) is 5.11 Å². The van der Waals surface area contributed by atoms with Gasteiger partial charge in [0.15, 0.2) is 5.96 Å². The molecule has 1 saturated carbocycles. The molecule has 2 fully saturated rings. The Labute approximate surface area is 168 Å². The molecule has 0 aromatic heterocycles. The highest BCUT2D eigenvalue weighted by atomic mass is 127. The van der Waals surface area contributed by atoms with Gasteiger partial charge in [-0.05, 0) is 42.7 Å². The third kappa shape index (κ3) is 6.42. The van der Waals surface area contributed by atoms with E-state index in [1.54, 1.807) is 0 Å². The Morgan fingerprint density at radius 1 is 1.16 bits per heavy atom. The standard InChI is InChI=1S/C19H30N4O.HI/c20-19(21-12-15-4-3-5-15)22-13-16-6-1-2-7-17(16)14-23-10-8-18(24)9-11-23;/h1-2,6-7,15,18,24H,3-5,8-14H2,(H3,20,21,22);1H. The van der Waals surface area contributed by atoms with Crippen LogP contribution >= 0.6 is 24.0 Å². The predicted octanol–water partition coefficient (Wildman–Crippen LogP) is 2.47. The maximum atomic E-state index is 9.64. The minimum Gasteiger partial charge on any atom is -0.393 e. The Kier molecular flexibility index (Phi) is 8.45. The SMILES string of the molecule is I.NC(=NCc1ccccc1CN1CCC(O)CC1)NCC1CCC1. The van der Waals surface area contributed by atoms with Gasteiger partial charge in [-0.15, -0.1) is 24.0 Å². The van der Waals surface area contributed by atoms with Gasteiger partial charge in [0, 0.05) is 26.2 Å². The number of aliphatic hydroxyl groups excluding tert-OH is 1. The second-order valence-corrected chi connectivity index (χ2v) is 7.16. The number of nitrogens with zero attached hydrogens (tertiary/aromatic N) is 2. The summed E-state index contributed by atoms with van der Waals surface area (Å²) in [5, 5.41) is 12.9. The summed E-state index contributed by atoms with van der Waals surface area (Å²) in [7, 11) is 0. The van der Waals surface area contributed by atoms with Crippen molar-refractivity contribution in [3.05, 3.63) is 35.4 Å². The number of piperidine rings is 1. The predicted molar refractivity (Wildman–Crippen MR) is 113 cm³/mol. The monoisotopic (exact) mass is 458 g/mol. The van der Waals surface area contributed by atoms with Gasteiger partial charge in [-0.1, -0.05) is 30.7 Å². The minimum atomic E-state index is -0.123. The Morgan fingerprint density at radius 2 is 1.84 bits per heavy atom. The molecule has 0 spiro atoms.